The van der Waals surface area contributed by atoms with Crippen LogP contribution in [0.5, 0.6) is 0 Å². The maximum Gasteiger partial charge on any atom is 0.123 e. The van der Waals surface area contributed by atoms with Crippen LogP contribution in [-0.4, -0.2) is 6.54 Å². The summed E-state index contributed by atoms with van der Waals surface area (Å²) in [6, 6.07) is 7.65. The summed E-state index contributed by atoms with van der Waals surface area (Å²) in [5.74, 6) is -0.156. The van der Waals surface area contributed by atoms with E-state index in [0.29, 0.717) is 6.04 Å². The molecule has 0 aliphatic carbocycles. The summed E-state index contributed by atoms with van der Waals surface area (Å²) in [6.45, 7) is 9.40. The van der Waals surface area contributed by atoms with Crippen LogP contribution in [0.15, 0.2) is 24.3 Å². The predicted octanol–water partition coefficient (Wildman–Crippen LogP) is 4.71. The van der Waals surface area contributed by atoms with Crippen molar-refractivity contribution >= 4 is 11.3 Å². The highest BCUT2D eigenvalue weighted by Gasteiger charge is 2.10. The van der Waals surface area contributed by atoms with Crippen molar-refractivity contribution in [2.24, 2.45) is 0 Å². The first-order chi connectivity index (χ1) is 9.47. The van der Waals surface area contributed by atoms with Crippen molar-refractivity contribution < 1.29 is 4.39 Å². The first kappa shape index (κ1) is 15.2. The van der Waals surface area contributed by atoms with Gasteiger partial charge in [-0.05, 0) is 75.5 Å². The molecule has 1 nitrogen and oxygen atoms in total. The van der Waals surface area contributed by atoms with Gasteiger partial charge in [0.15, 0.2) is 0 Å². The Morgan fingerprint density at radius 1 is 1.20 bits per heavy atom. The summed E-state index contributed by atoms with van der Waals surface area (Å²) in [4.78, 5) is 2.75. The number of thiophene rings is 1. The van der Waals surface area contributed by atoms with E-state index in [2.05, 4.69) is 32.2 Å². The second kappa shape index (κ2) is 6.51. The summed E-state index contributed by atoms with van der Waals surface area (Å²) in [5, 5.41) is 3.56. The topological polar surface area (TPSA) is 12.0 Å². The third kappa shape index (κ3) is 3.68. The molecule has 2 rings (SSSR count). The van der Waals surface area contributed by atoms with Gasteiger partial charge in [0, 0.05) is 15.8 Å². The van der Waals surface area contributed by atoms with Crippen molar-refractivity contribution in [1.82, 2.24) is 5.32 Å². The van der Waals surface area contributed by atoms with E-state index in [-0.39, 0.29) is 5.82 Å². The van der Waals surface area contributed by atoms with Crippen LogP contribution < -0.4 is 5.32 Å². The number of nitrogens with one attached hydrogen (secondary N) is 1. The third-order valence-corrected chi connectivity index (χ3v) is 4.68. The molecule has 1 unspecified atom stereocenters. The molecule has 1 atom stereocenters. The molecule has 0 radical (unpaired) electrons. The smallest absolute Gasteiger partial charge is 0.123 e. The average Bonchev–Trinajstić information content (AvgIpc) is 2.71. The van der Waals surface area contributed by atoms with Crippen LogP contribution in [0.2, 0.25) is 0 Å². The minimum absolute atomic E-state index is 0.156. The monoisotopic (exact) mass is 291 g/mol. The molecule has 0 bridgehead atoms. The van der Waals surface area contributed by atoms with Crippen LogP contribution in [0.4, 0.5) is 4.39 Å². The van der Waals surface area contributed by atoms with Gasteiger partial charge in [-0.3, -0.25) is 0 Å². The lowest BCUT2D eigenvalue weighted by Crippen LogP contribution is -2.21. The Hall–Kier alpha value is -1.19. The Kier molecular flexibility index (Phi) is 4.95. The van der Waals surface area contributed by atoms with Gasteiger partial charge in [0.25, 0.3) is 0 Å². The summed E-state index contributed by atoms with van der Waals surface area (Å²) in [7, 11) is 0. The Morgan fingerprint density at radius 2 is 1.95 bits per heavy atom. The van der Waals surface area contributed by atoms with Gasteiger partial charge >= 0.3 is 0 Å². The molecule has 3 heteroatoms. The van der Waals surface area contributed by atoms with E-state index in [0.717, 1.165) is 18.5 Å². The lowest BCUT2D eigenvalue weighted by Gasteiger charge is -2.14. The van der Waals surface area contributed by atoms with Crippen LogP contribution in [-0.2, 0) is 6.42 Å². The Labute approximate surface area is 124 Å². The highest BCUT2D eigenvalue weighted by molar-refractivity contribution is 7.12. The lowest BCUT2D eigenvalue weighted by atomic mass is 10.0. The molecular weight excluding hydrogens is 269 g/mol. The van der Waals surface area contributed by atoms with Crippen molar-refractivity contribution in [1.29, 1.82) is 0 Å². The Balaban J connectivity index is 1.91. The lowest BCUT2D eigenvalue weighted by molar-refractivity contribution is 0.574. The van der Waals surface area contributed by atoms with Gasteiger partial charge in [0.05, 0.1) is 0 Å². The summed E-state index contributed by atoms with van der Waals surface area (Å²) in [5.41, 5.74) is 3.63. The Morgan fingerprint density at radius 3 is 2.55 bits per heavy atom. The van der Waals surface area contributed by atoms with Crippen LogP contribution >= 0.6 is 11.3 Å². The minimum Gasteiger partial charge on any atom is -0.310 e. The molecule has 0 spiro atoms. The van der Waals surface area contributed by atoms with Gasteiger partial charge in [-0.2, -0.15) is 0 Å². The molecule has 0 saturated carbocycles. The van der Waals surface area contributed by atoms with Gasteiger partial charge in [-0.15, -0.1) is 11.3 Å². The second-order valence-electron chi connectivity index (χ2n) is 5.37. The molecule has 0 fully saturated rings. The van der Waals surface area contributed by atoms with E-state index in [1.54, 1.807) is 6.07 Å². The first-order valence-corrected chi connectivity index (χ1v) is 7.84. The molecule has 1 N–H and O–H groups in total. The number of aryl methyl sites for hydroxylation is 3. The number of hydrogen-bond acceptors (Lipinski definition) is 2. The summed E-state index contributed by atoms with van der Waals surface area (Å²) >= 11 is 1.85. The zero-order valence-corrected chi connectivity index (χ0v) is 13.4. The maximum atomic E-state index is 13.1. The minimum atomic E-state index is -0.156. The van der Waals surface area contributed by atoms with E-state index >= 15 is 0 Å². The highest BCUT2D eigenvalue weighted by Crippen LogP contribution is 2.26. The fourth-order valence-corrected chi connectivity index (χ4v) is 3.58. The van der Waals surface area contributed by atoms with Crippen molar-refractivity contribution in [3.05, 3.63) is 56.5 Å². The normalized spacial score (nSPS) is 12.7. The third-order valence-electron chi connectivity index (χ3n) is 3.70. The molecule has 0 saturated heterocycles. The molecule has 0 amide bonds. The zero-order chi connectivity index (χ0) is 14.7. The number of rotatable bonds is 5. The molecule has 1 aromatic heterocycles. The number of benzene rings is 1. The molecule has 20 heavy (non-hydrogen) atoms. The fraction of sp³-hybridized carbons (Fsp3) is 0.412. The molecule has 1 heterocycles. The highest BCUT2D eigenvalue weighted by atomic mass is 32.1. The Bertz CT molecular complexity index is 589. The standard InChI is InChI=1S/C17H22FNS/c1-11-9-16(18)6-5-15(11)7-8-19-13(3)17-10-12(2)20-14(17)4/h5-6,9-10,13,19H,7-8H2,1-4H3. The van der Waals surface area contributed by atoms with Gasteiger partial charge < -0.3 is 5.32 Å². The SMILES string of the molecule is Cc1cc(C(C)NCCc2ccc(F)cc2C)c(C)s1. The molecule has 108 valence electrons. The van der Waals surface area contributed by atoms with E-state index in [9.17, 15) is 4.39 Å². The van der Waals surface area contributed by atoms with Gasteiger partial charge in [-0.1, -0.05) is 6.07 Å². The van der Waals surface area contributed by atoms with Crippen LogP contribution in [0.25, 0.3) is 0 Å². The van der Waals surface area contributed by atoms with Crippen LogP contribution in [0.3, 0.4) is 0 Å². The molecular formula is C17H22FNS. The van der Waals surface area contributed by atoms with Gasteiger partial charge in [0.2, 0.25) is 0 Å². The maximum absolute atomic E-state index is 13.1. The molecule has 0 aliphatic rings. The van der Waals surface area contributed by atoms with E-state index < -0.39 is 0 Å². The van der Waals surface area contributed by atoms with Crippen molar-refractivity contribution in [2.75, 3.05) is 6.54 Å². The van der Waals surface area contributed by atoms with Crippen molar-refractivity contribution in [2.45, 2.75) is 40.2 Å². The molecule has 0 aliphatic heterocycles. The first-order valence-electron chi connectivity index (χ1n) is 7.02. The van der Waals surface area contributed by atoms with Gasteiger partial charge in [0.1, 0.15) is 5.82 Å². The molecule has 1 aromatic carbocycles. The fourth-order valence-electron chi connectivity index (χ4n) is 2.55. The quantitative estimate of drug-likeness (QED) is 0.841. The largest absolute Gasteiger partial charge is 0.310 e. The average molecular weight is 291 g/mol. The zero-order valence-electron chi connectivity index (χ0n) is 12.6. The summed E-state index contributed by atoms with van der Waals surface area (Å²) in [6.07, 6.45) is 0.929. The van der Waals surface area contributed by atoms with E-state index in [1.165, 1.54) is 26.9 Å². The van der Waals surface area contributed by atoms with E-state index in [1.807, 2.05) is 24.3 Å². The number of halogens is 1. The van der Waals surface area contributed by atoms with Crippen molar-refractivity contribution in [3.8, 4) is 0 Å². The molecule has 2 aromatic rings. The van der Waals surface area contributed by atoms with Gasteiger partial charge in [-0.25, -0.2) is 4.39 Å². The van der Waals surface area contributed by atoms with Crippen LogP contribution in [0, 0.1) is 26.6 Å². The van der Waals surface area contributed by atoms with Crippen molar-refractivity contribution in [3.63, 3.8) is 0 Å². The van der Waals surface area contributed by atoms with Crippen LogP contribution in [0.1, 0.15) is 39.4 Å². The number of hydrogen-bond donors (Lipinski definition) is 1. The van der Waals surface area contributed by atoms with E-state index in [4.69, 9.17) is 0 Å². The second-order valence-corrected chi connectivity index (χ2v) is 6.83. The predicted molar refractivity (Wildman–Crippen MR) is 85.1 cm³/mol. The summed E-state index contributed by atoms with van der Waals surface area (Å²) < 4.78 is 13.1.